The molecule has 0 aliphatic carbocycles. The van der Waals surface area contributed by atoms with Gasteiger partial charge in [-0.3, -0.25) is 4.68 Å². The zero-order valence-corrected chi connectivity index (χ0v) is 13.0. The van der Waals surface area contributed by atoms with E-state index in [9.17, 15) is 4.79 Å². The lowest BCUT2D eigenvalue weighted by molar-refractivity contribution is 0.252. The molecular weight excluding hydrogens is 264 g/mol. The van der Waals surface area contributed by atoms with Gasteiger partial charge in [0.1, 0.15) is 0 Å². The minimum atomic E-state index is -0.182. The molecular formula is C16H22N4O. The number of anilines is 1. The van der Waals surface area contributed by atoms with Crippen molar-refractivity contribution in [3.63, 3.8) is 0 Å². The Hall–Kier alpha value is -2.30. The fraction of sp³-hybridized carbons (Fsp3) is 0.375. The van der Waals surface area contributed by atoms with Crippen molar-refractivity contribution in [1.82, 2.24) is 15.1 Å². The molecule has 1 aromatic carbocycles. The second kappa shape index (κ2) is 6.43. The highest BCUT2D eigenvalue weighted by Gasteiger charge is 2.09. The highest BCUT2D eigenvalue weighted by Crippen LogP contribution is 2.12. The number of aryl methyl sites for hydroxylation is 3. The SMILES string of the molecule is Cc1ccc(NC(=O)NCCc2c(C)nn(C)c2C)cc1. The first kappa shape index (κ1) is 15.1. The molecule has 2 amide bonds. The van der Waals surface area contributed by atoms with E-state index in [0.29, 0.717) is 6.54 Å². The van der Waals surface area contributed by atoms with Crippen LogP contribution in [0.15, 0.2) is 24.3 Å². The van der Waals surface area contributed by atoms with Gasteiger partial charge in [-0.05, 0) is 44.9 Å². The molecule has 5 heteroatoms. The molecule has 0 fully saturated rings. The van der Waals surface area contributed by atoms with Crippen LogP contribution in [0.3, 0.4) is 0 Å². The molecule has 0 saturated carbocycles. The summed E-state index contributed by atoms with van der Waals surface area (Å²) in [6.07, 6.45) is 0.785. The monoisotopic (exact) mass is 286 g/mol. The third kappa shape index (κ3) is 3.84. The molecule has 5 nitrogen and oxygen atoms in total. The quantitative estimate of drug-likeness (QED) is 0.908. The summed E-state index contributed by atoms with van der Waals surface area (Å²) in [5, 5.41) is 10.1. The first-order valence-electron chi connectivity index (χ1n) is 7.08. The summed E-state index contributed by atoms with van der Waals surface area (Å²) in [5.41, 5.74) is 5.34. The van der Waals surface area contributed by atoms with Gasteiger partial charge in [0.05, 0.1) is 5.69 Å². The molecule has 2 rings (SSSR count). The summed E-state index contributed by atoms with van der Waals surface area (Å²) in [6, 6.07) is 7.54. The zero-order chi connectivity index (χ0) is 15.4. The Bertz CT molecular complexity index is 628. The Balaban J connectivity index is 1.83. The van der Waals surface area contributed by atoms with Crippen LogP contribution in [0.2, 0.25) is 0 Å². The third-order valence-electron chi connectivity index (χ3n) is 3.63. The average Bonchev–Trinajstić information content (AvgIpc) is 2.68. The van der Waals surface area contributed by atoms with Crippen LogP contribution in [-0.4, -0.2) is 22.4 Å². The van der Waals surface area contributed by atoms with E-state index in [2.05, 4.69) is 15.7 Å². The topological polar surface area (TPSA) is 59.0 Å². The number of rotatable bonds is 4. The van der Waals surface area contributed by atoms with Gasteiger partial charge in [0.25, 0.3) is 0 Å². The normalized spacial score (nSPS) is 10.5. The van der Waals surface area contributed by atoms with Crippen molar-refractivity contribution in [2.24, 2.45) is 7.05 Å². The molecule has 21 heavy (non-hydrogen) atoms. The fourth-order valence-corrected chi connectivity index (χ4v) is 2.29. The van der Waals surface area contributed by atoms with Gasteiger partial charge in [-0.1, -0.05) is 17.7 Å². The van der Waals surface area contributed by atoms with Crippen molar-refractivity contribution in [1.29, 1.82) is 0 Å². The molecule has 2 N–H and O–H groups in total. The van der Waals surface area contributed by atoms with E-state index in [0.717, 1.165) is 23.5 Å². The van der Waals surface area contributed by atoms with Crippen LogP contribution in [0, 0.1) is 20.8 Å². The molecule has 0 radical (unpaired) electrons. The maximum atomic E-state index is 11.8. The highest BCUT2D eigenvalue weighted by atomic mass is 16.2. The Kier molecular flexibility index (Phi) is 4.62. The Morgan fingerprint density at radius 3 is 2.43 bits per heavy atom. The lowest BCUT2D eigenvalue weighted by Gasteiger charge is -2.08. The number of urea groups is 1. The minimum Gasteiger partial charge on any atom is -0.338 e. The number of amides is 2. The molecule has 1 heterocycles. The molecule has 0 atom stereocenters. The van der Waals surface area contributed by atoms with Crippen molar-refractivity contribution in [2.75, 3.05) is 11.9 Å². The summed E-state index contributed by atoms with van der Waals surface area (Å²) in [7, 11) is 1.93. The van der Waals surface area contributed by atoms with Gasteiger partial charge >= 0.3 is 6.03 Å². The Labute approximate surface area is 125 Å². The molecule has 0 saturated heterocycles. The molecule has 2 aromatic rings. The van der Waals surface area contributed by atoms with E-state index < -0.39 is 0 Å². The predicted octanol–water partition coefficient (Wildman–Crippen LogP) is 2.71. The van der Waals surface area contributed by atoms with Crippen molar-refractivity contribution in [3.05, 3.63) is 46.8 Å². The smallest absolute Gasteiger partial charge is 0.319 e. The summed E-state index contributed by atoms with van der Waals surface area (Å²) in [6.45, 7) is 6.64. The predicted molar refractivity (Wildman–Crippen MR) is 84.6 cm³/mol. The number of carbonyl (C=O) groups is 1. The Morgan fingerprint density at radius 1 is 1.19 bits per heavy atom. The van der Waals surface area contributed by atoms with Gasteiger partial charge in [-0.15, -0.1) is 0 Å². The molecule has 0 unspecified atom stereocenters. The second-order valence-electron chi connectivity index (χ2n) is 5.27. The summed E-state index contributed by atoms with van der Waals surface area (Å²) < 4.78 is 1.87. The molecule has 112 valence electrons. The maximum Gasteiger partial charge on any atom is 0.319 e. The second-order valence-corrected chi connectivity index (χ2v) is 5.27. The van der Waals surface area contributed by atoms with Crippen LogP contribution in [0.4, 0.5) is 10.5 Å². The lowest BCUT2D eigenvalue weighted by Crippen LogP contribution is -2.30. The first-order valence-corrected chi connectivity index (χ1v) is 7.08. The maximum absolute atomic E-state index is 11.8. The summed E-state index contributed by atoms with van der Waals surface area (Å²) in [4.78, 5) is 11.8. The van der Waals surface area contributed by atoms with Gasteiger partial charge in [0.2, 0.25) is 0 Å². The minimum absolute atomic E-state index is 0.182. The first-order chi connectivity index (χ1) is 9.97. The summed E-state index contributed by atoms with van der Waals surface area (Å²) in [5.74, 6) is 0. The van der Waals surface area contributed by atoms with Crippen molar-refractivity contribution >= 4 is 11.7 Å². The van der Waals surface area contributed by atoms with Crippen LogP contribution in [-0.2, 0) is 13.5 Å². The number of nitrogens with zero attached hydrogens (tertiary/aromatic N) is 2. The average molecular weight is 286 g/mol. The zero-order valence-electron chi connectivity index (χ0n) is 13.0. The van der Waals surface area contributed by atoms with Crippen molar-refractivity contribution in [3.8, 4) is 0 Å². The van der Waals surface area contributed by atoms with Gasteiger partial charge in [-0.25, -0.2) is 4.79 Å². The summed E-state index contributed by atoms with van der Waals surface area (Å²) >= 11 is 0. The van der Waals surface area contributed by atoms with Crippen molar-refractivity contribution in [2.45, 2.75) is 27.2 Å². The number of nitrogens with one attached hydrogen (secondary N) is 2. The number of hydrogen-bond acceptors (Lipinski definition) is 2. The van der Waals surface area contributed by atoms with Crippen molar-refractivity contribution < 1.29 is 4.79 Å². The third-order valence-corrected chi connectivity index (χ3v) is 3.63. The van der Waals surface area contributed by atoms with E-state index in [1.807, 2.05) is 56.8 Å². The van der Waals surface area contributed by atoms with E-state index in [1.165, 1.54) is 11.1 Å². The van der Waals surface area contributed by atoms with E-state index in [-0.39, 0.29) is 6.03 Å². The van der Waals surface area contributed by atoms with Gasteiger partial charge in [-0.2, -0.15) is 5.10 Å². The number of benzene rings is 1. The highest BCUT2D eigenvalue weighted by molar-refractivity contribution is 5.89. The van der Waals surface area contributed by atoms with Gasteiger partial charge in [0.15, 0.2) is 0 Å². The molecule has 1 aromatic heterocycles. The Morgan fingerprint density at radius 2 is 1.86 bits per heavy atom. The largest absolute Gasteiger partial charge is 0.338 e. The number of hydrogen-bond donors (Lipinski definition) is 2. The van der Waals surface area contributed by atoms with Crippen LogP contribution < -0.4 is 10.6 Å². The number of aromatic nitrogens is 2. The molecule has 0 spiro atoms. The van der Waals surface area contributed by atoms with E-state index in [4.69, 9.17) is 0 Å². The molecule has 0 aliphatic heterocycles. The standard InChI is InChI=1S/C16H22N4O/c1-11-5-7-14(8-6-11)18-16(21)17-10-9-15-12(2)19-20(4)13(15)3/h5-8H,9-10H2,1-4H3,(H2,17,18,21). The molecule has 0 bridgehead atoms. The van der Waals surface area contributed by atoms with Crippen LogP contribution in [0.25, 0.3) is 0 Å². The van der Waals surface area contributed by atoms with Gasteiger partial charge < -0.3 is 10.6 Å². The van der Waals surface area contributed by atoms with Crippen LogP contribution in [0.1, 0.15) is 22.5 Å². The van der Waals surface area contributed by atoms with Gasteiger partial charge in [0, 0.05) is 25.0 Å². The number of carbonyl (C=O) groups excluding carboxylic acids is 1. The lowest BCUT2D eigenvalue weighted by atomic mass is 10.1. The van der Waals surface area contributed by atoms with Crippen LogP contribution >= 0.6 is 0 Å². The van der Waals surface area contributed by atoms with E-state index in [1.54, 1.807) is 0 Å². The fourth-order valence-electron chi connectivity index (χ4n) is 2.29. The molecule has 0 aliphatic rings. The van der Waals surface area contributed by atoms with Crippen LogP contribution in [0.5, 0.6) is 0 Å². The van der Waals surface area contributed by atoms with E-state index >= 15 is 0 Å².